The van der Waals surface area contributed by atoms with Crippen molar-refractivity contribution in [1.82, 2.24) is 9.97 Å². The molecule has 0 aliphatic heterocycles. The highest BCUT2D eigenvalue weighted by Crippen LogP contribution is 2.21. The van der Waals surface area contributed by atoms with Gasteiger partial charge in [-0.2, -0.15) is 4.98 Å². The molecule has 0 fully saturated rings. The standard InChI is InChI=1S/C11H20N6O3/c1-8(2)20-6-4-3-5-13-10-9(17(18)19)7-14-11(15-10)16-12/h7-8H,3-6,12H2,1-2H3,(H2,13,14,15,16). The van der Waals surface area contributed by atoms with E-state index in [0.29, 0.717) is 13.2 Å². The number of anilines is 2. The molecule has 20 heavy (non-hydrogen) atoms. The van der Waals surface area contributed by atoms with Crippen molar-refractivity contribution >= 4 is 17.5 Å². The average molecular weight is 284 g/mol. The van der Waals surface area contributed by atoms with Crippen molar-refractivity contribution in [2.45, 2.75) is 32.8 Å². The van der Waals surface area contributed by atoms with Crippen LogP contribution in [0.15, 0.2) is 6.20 Å². The summed E-state index contributed by atoms with van der Waals surface area (Å²) in [6.07, 6.45) is 3.02. The van der Waals surface area contributed by atoms with Crippen molar-refractivity contribution in [2.75, 3.05) is 23.9 Å². The van der Waals surface area contributed by atoms with Crippen LogP contribution in [-0.4, -0.2) is 34.1 Å². The van der Waals surface area contributed by atoms with E-state index in [9.17, 15) is 10.1 Å². The smallest absolute Gasteiger partial charge is 0.329 e. The first-order valence-corrected chi connectivity index (χ1v) is 6.38. The van der Waals surface area contributed by atoms with E-state index in [1.807, 2.05) is 13.8 Å². The Bertz CT molecular complexity index is 440. The number of hydrazine groups is 1. The number of rotatable bonds is 9. The molecule has 0 bridgehead atoms. The van der Waals surface area contributed by atoms with E-state index in [0.717, 1.165) is 19.0 Å². The minimum absolute atomic E-state index is 0.126. The number of unbranched alkanes of at least 4 members (excludes halogenated alkanes) is 1. The van der Waals surface area contributed by atoms with Gasteiger partial charge in [-0.25, -0.2) is 10.8 Å². The first-order chi connectivity index (χ1) is 9.54. The van der Waals surface area contributed by atoms with Gasteiger partial charge >= 0.3 is 5.69 Å². The molecule has 0 unspecified atom stereocenters. The monoisotopic (exact) mass is 284 g/mol. The van der Waals surface area contributed by atoms with Crippen molar-refractivity contribution in [2.24, 2.45) is 5.84 Å². The summed E-state index contributed by atoms with van der Waals surface area (Å²) in [5.41, 5.74) is 2.07. The first kappa shape index (κ1) is 16.1. The lowest BCUT2D eigenvalue weighted by molar-refractivity contribution is -0.384. The quantitative estimate of drug-likeness (QED) is 0.268. The summed E-state index contributed by atoms with van der Waals surface area (Å²) < 4.78 is 5.40. The van der Waals surface area contributed by atoms with Crippen LogP contribution >= 0.6 is 0 Å². The van der Waals surface area contributed by atoms with Gasteiger partial charge in [0.1, 0.15) is 6.20 Å². The Balaban J connectivity index is 2.47. The Labute approximate surface area is 117 Å². The second-order valence-electron chi connectivity index (χ2n) is 4.38. The number of nitrogens with zero attached hydrogens (tertiary/aromatic N) is 3. The molecule has 1 heterocycles. The van der Waals surface area contributed by atoms with E-state index in [4.69, 9.17) is 10.6 Å². The molecule has 1 aromatic rings. The maximum Gasteiger partial charge on any atom is 0.329 e. The molecule has 0 saturated heterocycles. The van der Waals surface area contributed by atoms with Gasteiger partial charge in [0.15, 0.2) is 0 Å². The molecule has 0 aliphatic carbocycles. The van der Waals surface area contributed by atoms with Crippen LogP contribution < -0.4 is 16.6 Å². The number of ether oxygens (including phenoxy) is 1. The molecule has 0 spiro atoms. The lowest BCUT2D eigenvalue weighted by atomic mass is 10.3. The number of hydrogen-bond acceptors (Lipinski definition) is 8. The van der Waals surface area contributed by atoms with E-state index in [-0.39, 0.29) is 23.6 Å². The van der Waals surface area contributed by atoms with Crippen LogP contribution in [0.1, 0.15) is 26.7 Å². The largest absolute Gasteiger partial charge is 0.379 e. The van der Waals surface area contributed by atoms with Gasteiger partial charge in [-0.1, -0.05) is 0 Å². The Morgan fingerprint density at radius 2 is 2.25 bits per heavy atom. The third-order valence-electron chi connectivity index (χ3n) is 2.41. The zero-order valence-corrected chi connectivity index (χ0v) is 11.6. The fourth-order valence-corrected chi connectivity index (χ4v) is 1.46. The van der Waals surface area contributed by atoms with E-state index in [1.165, 1.54) is 0 Å². The maximum atomic E-state index is 10.8. The summed E-state index contributed by atoms with van der Waals surface area (Å²) in [4.78, 5) is 17.9. The van der Waals surface area contributed by atoms with Crippen LogP contribution in [-0.2, 0) is 4.74 Å². The maximum absolute atomic E-state index is 10.8. The van der Waals surface area contributed by atoms with Gasteiger partial charge in [-0.05, 0) is 26.7 Å². The van der Waals surface area contributed by atoms with E-state index >= 15 is 0 Å². The predicted molar refractivity (Wildman–Crippen MR) is 75.3 cm³/mol. The molecule has 1 aromatic heterocycles. The average Bonchev–Trinajstić information content (AvgIpc) is 2.41. The van der Waals surface area contributed by atoms with Gasteiger partial charge in [0, 0.05) is 13.2 Å². The highest BCUT2D eigenvalue weighted by molar-refractivity contribution is 5.56. The molecule has 0 atom stereocenters. The Morgan fingerprint density at radius 1 is 1.50 bits per heavy atom. The van der Waals surface area contributed by atoms with Crippen LogP contribution in [0.4, 0.5) is 17.5 Å². The molecule has 9 heteroatoms. The van der Waals surface area contributed by atoms with Gasteiger partial charge in [-0.15, -0.1) is 0 Å². The molecular weight excluding hydrogens is 264 g/mol. The second-order valence-corrected chi connectivity index (χ2v) is 4.38. The topological polar surface area (TPSA) is 128 Å². The lowest BCUT2D eigenvalue weighted by Crippen LogP contribution is -2.14. The van der Waals surface area contributed by atoms with Crippen LogP contribution in [0.3, 0.4) is 0 Å². The molecule has 9 nitrogen and oxygen atoms in total. The fourth-order valence-electron chi connectivity index (χ4n) is 1.46. The van der Waals surface area contributed by atoms with Gasteiger partial charge < -0.3 is 10.1 Å². The third-order valence-corrected chi connectivity index (χ3v) is 2.41. The second kappa shape index (κ2) is 8.23. The van der Waals surface area contributed by atoms with Gasteiger partial charge in [0.2, 0.25) is 11.8 Å². The molecule has 1 rings (SSSR count). The third kappa shape index (κ3) is 5.33. The summed E-state index contributed by atoms with van der Waals surface area (Å²) in [5.74, 6) is 5.46. The highest BCUT2D eigenvalue weighted by Gasteiger charge is 2.16. The van der Waals surface area contributed by atoms with Crippen molar-refractivity contribution < 1.29 is 9.66 Å². The number of nitrogens with one attached hydrogen (secondary N) is 2. The Morgan fingerprint density at radius 3 is 2.85 bits per heavy atom. The number of hydrogen-bond donors (Lipinski definition) is 3. The molecule has 0 radical (unpaired) electrons. The van der Waals surface area contributed by atoms with Crippen LogP contribution in [0, 0.1) is 10.1 Å². The molecule has 0 amide bonds. The predicted octanol–water partition coefficient (Wildman–Crippen LogP) is 1.29. The van der Waals surface area contributed by atoms with Crippen molar-refractivity contribution in [3.63, 3.8) is 0 Å². The number of aromatic nitrogens is 2. The SMILES string of the molecule is CC(C)OCCCCNc1nc(NN)ncc1[N+](=O)[O-]. The van der Waals surface area contributed by atoms with Crippen LogP contribution in [0.2, 0.25) is 0 Å². The minimum atomic E-state index is -0.537. The summed E-state index contributed by atoms with van der Waals surface area (Å²) >= 11 is 0. The van der Waals surface area contributed by atoms with Gasteiger partial charge in [0.05, 0.1) is 11.0 Å². The zero-order chi connectivity index (χ0) is 15.0. The zero-order valence-electron chi connectivity index (χ0n) is 11.6. The van der Waals surface area contributed by atoms with Crippen molar-refractivity contribution in [3.8, 4) is 0 Å². The normalized spacial score (nSPS) is 10.6. The lowest BCUT2D eigenvalue weighted by Gasteiger charge is -2.09. The van der Waals surface area contributed by atoms with Gasteiger partial charge in [-0.3, -0.25) is 15.5 Å². The molecule has 0 saturated carbocycles. The summed E-state index contributed by atoms with van der Waals surface area (Å²) in [5, 5.41) is 13.8. The van der Waals surface area contributed by atoms with E-state index in [2.05, 4.69) is 20.7 Å². The van der Waals surface area contributed by atoms with E-state index in [1.54, 1.807) is 0 Å². The molecule has 4 N–H and O–H groups in total. The van der Waals surface area contributed by atoms with Crippen LogP contribution in [0.5, 0.6) is 0 Å². The van der Waals surface area contributed by atoms with E-state index < -0.39 is 4.92 Å². The molecule has 0 aromatic carbocycles. The summed E-state index contributed by atoms with van der Waals surface area (Å²) in [6.45, 7) is 5.18. The highest BCUT2D eigenvalue weighted by atomic mass is 16.6. The molecule has 0 aliphatic rings. The molecular formula is C11H20N6O3. The molecule has 112 valence electrons. The number of nitrogen functional groups attached to an aromatic ring is 1. The van der Waals surface area contributed by atoms with Crippen LogP contribution in [0.25, 0.3) is 0 Å². The number of nitro groups is 1. The Hall–Kier alpha value is -2.00. The van der Waals surface area contributed by atoms with Crippen molar-refractivity contribution in [1.29, 1.82) is 0 Å². The summed E-state index contributed by atoms with van der Waals surface area (Å²) in [6, 6.07) is 0. The fraction of sp³-hybridized carbons (Fsp3) is 0.636. The number of nitrogens with two attached hydrogens (primary N) is 1. The Kier molecular flexibility index (Phi) is 6.60. The first-order valence-electron chi connectivity index (χ1n) is 6.38. The van der Waals surface area contributed by atoms with Crippen molar-refractivity contribution in [3.05, 3.63) is 16.3 Å². The minimum Gasteiger partial charge on any atom is -0.379 e. The summed E-state index contributed by atoms with van der Waals surface area (Å²) in [7, 11) is 0. The van der Waals surface area contributed by atoms with Gasteiger partial charge in [0.25, 0.3) is 0 Å².